The lowest BCUT2D eigenvalue weighted by molar-refractivity contribution is -0.116. The van der Waals surface area contributed by atoms with E-state index in [2.05, 4.69) is 27.0 Å². The molecule has 2 N–H and O–H groups in total. The quantitative estimate of drug-likeness (QED) is 0.645. The fourth-order valence-corrected chi connectivity index (χ4v) is 4.95. The molecule has 1 aliphatic heterocycles. The average molecular weight is 424 g/mol. The molecule has 30 heavy (non-hydrogen) atoms. The number of allylic oxidation sites excluding steroid dienone is 1. The number of benzene rings is 1. The van der Waals surface area contributed by atoms with Gasteiger partial charge in [-0.2, -0.15) is 0 Å². The lowest BCUT2D eigenvalue weighted by Crippen LogP contribution is -2.27. The number of hydrogen-bond acceptors (Lipinski definition) is 9. The maximum Gasteiger partial charge on any atom is 0.219 e. The van der Waals surface area contributed by atoms with Crippen molar-refractivity contribution in [2.75, 3.05) is 24.9 Å². The molecule has 0 saturated heterocycles. The summed E-state index contributed by atoms with van der Waals surface area (Å²) >= 11 is 1.67. The zero-order chi connectivity index (χ0) is 20.7. The number of rotatable bonds is 4. The van der Waals surface area contributed by atoms with Gasteiger partial charge in [-0.05, 0) is 40.3 Å². The largest absolute Gasteiger partial charge is 0.497 e. The van der Waals surface area contributed by atoms with Crippen molar-refractivity contribution in [3.63, 3.8) is 0 Å². The van der Waals surface area contributed by atoms with Crippen LogP contribution >= 0.6 is 11.3 Å². The predicted molar refractivity (Wildman–Crippen MR) is 112 cm³/mol. The van der Waals surface area contributed by atoms with E-state index in [-0.39, 0.29) is 11.7 Å². The number of carbonyl (C=O) groups excluding carboxylic acids is 1. The molecule has 0 fully saturated rings. The highest BCUT2D eigenvalue weighted by Crippen LogP contribution is 2.46. The van der Waals surface area contributed by atoms with Crippen molar-refractivity contribution in [2.45, 2.75) is 24.8 Å². The highest BCUT2D eigenvalue weighted by molar-refractivity contribution is 7.10. The molecular weight excluding hydrogens is 404 g/mol. The second kappa shape index (κ2) is 7.49. The van der Waals surface area contributed by atoms with Crippen LogP contribution in [0.2, 0.25) is 0 Å². The summed E-state index contributed by atoms with van der Waals surface area (Å²) in [5.41, 5.74) is 2.31. The van der Waals surface area contributed by atoms with E-state index in [1.165, 1.54) is 4.88 Å². The molecule has 5 rings (SSSR count). The SMILES string of the molecule is COc1ccc([C@H]2Nc3nonc3NC3=C2C(=O)C[C@@H](c2cccs2)C3)c(OC)c1. The second-order valence-electron chi connectivity index (χ2n) is 7.21. The number of hydrogen-bond donors (Lipinski definition) is 2. The van der Waals surface area contributed by atoms with Crippen LogP contribution < -0.4 is 20.1 Å². The number of nitrogens with zero attached hydrogens (tertiary/aromatic N) is 2. The summed E-state index contributed by atoms with van der Waals surface area (Å²) in [7, 11) is 3.20. The van der Waals surface area contributed by atoms with Gasteiger partial charge in [-0.3, -0.25) is 4.79 Å². The summed E-state index contributed by atoms with van der Waals surface area (Å²) in [5, 5.41) is 16.6. The van der Waals surface area contributed by atoms with E-state index in [9.17, 15) is 4.79 Å². The Morgan fingerprint density at radius 2 is 2.00 bits per heavy atom. The number of aromatic nitrogens is 2. The summed E-state index contributed by atoms with van der Waals surface area (Å²) in [6.07, 6.45) is 1.15. The van der Waals surface area contributed by atoms with Gasteiger partial charge in [0.2, 0.25) is 11.6 Å². The van der Waals surface area contributed by atoms with Gasteiger partial charge in [-0.25, -0.2) is 4.63 Å². The zero-order valence-corrected chi connectivity index (χ0v) is 17.3. The molecule has 1 aliphatic carbocycles. The van der Waals surface area contributed by atoms with Crippen LogP contribution in [0.25, 0.3) is 0 Å². The molecule has 0 radical (unpaired) electrons. The van der Waals surface area contributed by atoms with Crippen molar-refractivity contribution in [2.24, 2.45) is 0 Å². The van der Waals surface area contributed by atoms with Crippen molar-refractivity contribution in [1.29, 1.82) is 0 Å². The van der Waals surface area contributed by atoms with E-state index in [4.69, 9.17) is 14.1 Å². The van der Waals surface area contributed by atoms with Gasteiger partial charge in [0.15, 0.2) is 5.78 Å². The first-order chi connectivity index (χ1) is 14.7. The standard InChI is InChI=1S/C21H20N4O4S/c1-27-12-5-6-13(16(10-12)28-2)19-18-14(22-20-21(23-19)25-29-24-20)8-11(9-15(18)26)17-4-3-7-30-17/h3-7,10-11,19H,8-9H2,1-2H3,(H,22,24)(H,23,25)/t11-,19+/m0/s1. The molecule has 2 aliphatic rings. The number of thiophene rings is 1. The Bertz CT molecular complexity index is 1120. The summed E-state index contributed by atoms with van der Waals surface area (Å²) in [6, 6.07) is 9.19. The first-order valence-corrected chi connectivity index (χ1v) is 10.4. The number of nitrogens with one attached hydrogen (secondary N) is 2. The molecule has 8 nitrogen and oxygen atoms in total. The molecule has 0 saturated carbocycles. The maximum atomic E-state index is 13.4. The highest BCUT2D eigenvalue weighted by Gasteiger charge is 2.38. The van der Waals surface area contributed by atoms with E-state index in [0.29, 0.717) is 41.5 Å². The van der Waals surface area contributed by atoms with Gasteiger partial charge in [0, 0.05) is 40.1 Å². The molecule has 0 unspecified atom stereocenters. The Balaban J connectivity index is 1.63. The molecule has 0 bridgehead atoms. The van der Waals surface area contributed by atoms with Crippen LogP contribution in [-0.4, -0.2) is 30.3 Å². The molecule has 154 valence electrons. The molecule has 0 amide bonds. The third-order valence-electron chi connectivity index (χ3n) is 5.53. The van der Waals surface area contributed by atoms with Gasteiger partial charge >= 0.3 is 0 Å². The molecule has 2 aromatic heterocycles. The Hall–Kier alpha value is -3.33. The topological polar surface area (TPSA) is 98.5 Å². The van der Waals surface area contributed by atoms with Crippen molar-refractivity contribution in [3.05, 3.63) is 57.4 Å². The van der Waals surface area contributed by atoms with E-state index in [1.807, 2.05) is 23.6 Å². The van der Waals surface area contributed by atoms with Gasteiger partial charge in [-0.15, -0.1) is 11.3 Å². The number of ketones is 1. The van der Waals surface area contributed by atoms with Gasteiger partial charge in [0.25, 0.3) is 0 Å². The minimum absolute atomic E-state index is 0.0830. The third-order valence-corrected chi connectivity index (χ3v) is 6.57. The number of Topliss-reactive ketones (excluding diaryl/α,β-unsaturated/α-hetero) is 1. The summed E-state index contributed by atoms with van der Waals surface area (Å²) in [4.78, 5) is 14.6. The lowest BCUT2D eigenvalue weighted by atomic mass is 9.80. The first-order valence-electron chi connectivity index (χ1n) is 9.55. The predicted octanol–water partition coefficient (Wildman–Crippen LogP) is 4.13. The third kappa shape index (κ3) is 3.11. The average Bonchev–Trinajstić information content (AvgIpc) is 3.42. The fourth-order valence-electron chi connectivity index (χ4n) is 4.12. The smallest absolute Gasteiger partial charge is 0.219 e. The number of fused-ring (bicyclic) bond motifs is 1. The lowest BCUT2D eigenvalue weighted by Gasteiger charge is -2.29. The Morgan fingerprint density at radius 3 is 2.77 bits per heavy atom. The number of methoxy groups -OCH3 is 2. The van der Waals surface area contributed by atoms with E-state index in [0.717, 1.165) is 11.3 Å². The summed E-state index contributed by atoms with van der Waals surface area (Å²) in [6.45, 7) is 0. The number of ether oxygens (including phenoxy) is 2. The normalized spacial score (nSPS) is 20.5. The zero-order valence-electron chi connectivity index (χ0n) is 16.5. The fraction of sp³-hybridized carbons (Fsp3) is 0.286. The molecular formula is C21H20N4O4S. The Kier molecular flexibility index (Phi) is 4.66. The van der Waals surface area contributed by atoms with Crippen LogP contribution in [0, 0.1) is 0 Å². The van der Waals surface area contributed by atoms with Crippen LogP contribution in [-0.2, 0) is 4.79 Å². The van der Waals surface area contributed by atoms with E-state index >= 15 is 0 Å². The molecule has 3 heterocycles. The van der Waals surface area contributed by atoms with Gasteiger partial charge in [-0.1, -0.05) is 6.07 Å². The van der Waals surface area contributed by atoms with Crippen molar-refractivity contribution in [1.82, 2.24) is 10.3 Å². The summed E-state index contributed by atoms with van der Waals surface area (Å²) in [5.74, 6) is 2.42. The maximum absolute atomic E-state index is 13.4. The Labute approximate surface area is 176 Å². The van der Waals surface area contributed by atoms with E-state index < -0.39 is 6.04 Å². The van der Waals surface area contributed by atoms with Gasteiger partial charge < -0.3 is 20.1 Å². The molecule has 9 heteroatoms. The van der Waals surface area contributed by atoms with Crippen LogP contribution in [0.5, 0.6) is 11.5 Å². The molecule has 1 aromatic carbocycles. The highest BCUT2D eigenvalue weighted by atomic mass is 32.1. The van der Waals surface area contributed by atoms with Crippen LogP contribution in [0.4, 0.5) is 11.6 Å². The van der Waals surface area contributed by atoms with E-state index in [1.54, 1.807) is 31.6 Å². The molecule has 0 spiro atoms. The monoisotopic (exact) mass is 424 g/mol. The summed E-state index contributed by atoms with van der Waals surface area (Å²) < 4.78 is 15.9. The van der Waals surface area contributed by atoms with Crippen LogP contribution in [0.1, 0.15) is 35.2 Å². The Morgan fingerprint density at radius 1 is 1.13 bits per heavy atom. The van der Waals surface area contributed by atoms with Crippen molar-refractivity contribution < 1.29 is 18.9 Å². The number of anilines is 2. The minimum atomic E-state index is -0.460. The van der Waals surface area contributed by atoms with Gasteiger partial charge in [0.05, 0.1) is 20.3 Å². The van der Waals surface area contributed by atoms with Crippen LogP contribution in [0.3, 0.4) is 0 Å². The molecule has 2 atom stereocenters. The molecule has 3 aromatic rings. The number of carbonyl (C=O) groups is 1. The van der Waals surface area contributed by atoms with Crippen LogP contribution in [0.15, 0.2) is 51.6 Å². The van der Waals surface area contributed by atoms with Crippen molar-refractivity contribution >= 4 is 28.8 Å². The second-order valence-corrected chi connectivity index (χ2v) is 8.19. The minimum Gasteiger partial charge on any atom is -0.497 e. The van der Waals surface area contributed by atoms with Crippen molar-refractivity contribution in [3.8, 4) is 11.5 Å². The van der Waals surface area contributed by atoms with Gasteiger partial charge in [0.1, 0.15) is 11.5 Å². The first kappa shape index (κ1) is 18.7.